The number of nitro groups is 1. The monoisotopic (exact) mass is 512 g/mol. The SMILES string of the molecule is Cc1ccc(NC(=O)CSc2ncc(-c3cccc([N+](=O)[O-])c3)n2-c2cccc(C(F)(F)F)c2)cc1. The van der Waals surface area contributed by atoms with Crippen LogP contribution < -0.4 is 5.32 Å². The van der Waals surface area contributed by atoms with Crippen LogP contribution in [-0.2, 0) is 11.0 Å². The Labute approximate surface area is 208 Å². The first-order valence-corrected chi connectivity index (χ1v) is 11.6. The zero-order valence-electron chi connectivity index (χ0n) is 18.8. The van der Waals surface area contributed by atoms with E-state index in [0.717, 1.165) is 29.5 Å². The number of aryl methyl sites for hydroxylation is 1. The number of halogens is 3. The van der Waals surface area contributed by atoms with Gasteiger partial charge in [0.15, 0.2) is 5.16 Å². The van der Waals surface area contributed by atoms with E-state index >= 15 is 0 Å². The van der Waals surface area contributed by atoms with Crippen molar-refractivity contribution < 1.29 is 22.9 Å². The van der Waals surface area contributed by atoms with Crippen LogP contribution in [0.5, 0.6) is 0 Å². The van der Waals surface area contributed by atoms with Crippen LogP contribution in [0.1, 0.15) is 11.1 Å². The van der Waals surface area contributed by atoms with Gasteiger partial charge in [0, 0.05) is 29.1 Å². The average Bonchev–Trinajstić information content (AvgIpc) is 3.28. The van der Waals surface area contributed by atoms with E-state index in [1.807, 2.05) is 19.1 Å². The number of thioether (sulfide) groups is 1. The molecule has 0 fully saturated rings. The molecule has 0 aliphatic rings. The summed E-state index contributed by atoms with van der Waals surface area (Å²) in [4.78, 5) is 27.5. The highest BCUT2D eigenvalue weighted by Gasteiger charge is 2.31. The molecule has 0 aliphatic carbocycles. The van der Waals surface area contributed by atoms with E-state index in [0.29, 0.717) is 16.9 Å². The van der Waals surface area contributed by atoms with Gasteiger partial charge in [-0.05, 0) is 37.3 Å². The highest BCUT2D eigenvalue weighted by molar-refractivity contribution is 7.99. The molecule has 36 heavy (non-hydrogen) atoms. The molecule has 0 atom stereocenters. The highest BCUT2D eigenvalue weighted by atomic mass is 32.2. The van der Waals surface area contributed by atoms with Gasteiger partial charge in [-0.2, -0.15) is 13.2 Å². The third-order valence-corrected chi connectivity index (χ3v) is 6.13. The fraction of sp³-hybridized carbons (Fsp3) is 0.120. The molecule has 4 aromatic rings. The number of alkyl halides is 3. The third kappa shape index (κ3) is 5.74. The van der Waals surface area contributed by atoms with Gasteiger partial charge in [0.25, 0.3) is 5.69 Å². The van der Waals surface area contributed by atoms with Gasteiger partial charge in [-0.25, -0.2) is 4.98 Å². The lowest BCUT2D eigenvalue weighted by molar-refractivity contribution is -0.384. The van der Waals surface area contributed by atoms with Crippen LogP contribution in [0.15, 0.2) is 84.1 Å². The number of amides is 1. The summed E-state index contributed by atoms with van der Waals surface area (Å²) < 4.78 is 41.7. The highest BCUT2D eigenvalue weighted by Crippen LogP contribution is 2.35. The van der Waals surface area contributed by atoms with Gasteiger partial charge in [0.1, 0.15) is 0 Å². The van der Waals surface area contributed by atoms with Crippen molar-refractivity contribution in [2.24, 2.45) is 0 Å². The predicted octanol–water partition coefficient (Wildman–Crippen LogP) is 6.51. The van der Waals surface area contributed by atoms with Gasteiger partial charge in [-0.15, -0.1) is 0 Å². The molecule has 3 aromatic carbocycles. The number of rotatable bonds is 7. The van der Waals surface area contributed by atoms with E-state index in [-0.39, 0.29) is 28.2 Å². The van der Waals surface area contributed by atoms with Gasteiger partial charge in [0.2, 0.25) is 5.91 Å². The summed E-state index contributed by atoms with van der Waals surface area (Å²) in [7, 11) is 0. The molecule has 0 aliphatic heterocycles. The van der Waals surface area contributed by atoms with Crippen molar-refractivity contribution in [2.75, 3.05) is 11.1 Å². The number of anilines is 1. The minimum Gasteiger partial charge on any atom is -0.325 e. The number of nitro benzene ring substituents is 1. The van der Waals surface area contributed by atoms with Crippen LogP contribution in [0.4, 0.5) is 24.5 Å². The molecule has 11 heteroatoms. The maximum atomic E-state index is 13.4. The summed E-state index contributed by atoms with van der Waals surface area (Å²) in [6.45, 7) is 1.92. The van der Waals surface area contributed by atoms with Crippen LogP contribution in [-0.4, -0.2) is 26.1 Å². The molecule has 184 valence electrons. The second-order valence-corrected chi connectivity index (χ2v) is 8.76. The molecule has 0 saturated heterocycles. The Hall–Kier alpha value is -4.12. The summed E-state index contributed by atoms with van der Waals surface area (Å²) in [6, 6.07) is 17.6. The van der Waals surface area contributed by atoms with E-state index in [4.69, 9.17) is 0 Å². The van der Waals surface area contributed by atoms with E-state index in [1.165, 1.54) is 41.1 Å². The van der Waals surface area contributed by atoms with Crippen LogP contribution >= 0.6 is 11.8 Å². The van der Waals surface area contributed by atoms with Crippen molar-refractivity contribution >= 4 is 29.0 Å². The van der Waals surface area contributed by atoms with Crippen molar-refractivity contribution in [3.05, 3.63) is 100 Å². The van der Waals surface area contributed by atoms with Crippen LogP contribution in [0.25, 0.3) is 16.9 Å². The Morgan fingerprint density at radius 1 is 1.08 bits per heavy atom. The van der Waals surface area contributed by atoms with Crippen LogP contribution in [0.2, 0.25) is 0 Å². The number of non-ortho nitro benzene ring substituents is 1. The number of imidazole rings is 1. The van der Waals surface area contributed by atoms with E-state index < -0.39 is 16.7 Å². The molecule has 0 unspecified atom stereocenters. The van der Waals surface area contributed by atoms with E-state index in [1.54, 1.807) is 18.2 Å². The summed E-state index contributed by atoms with van der Waals surface area (Å²) in [5.74, 6) is -0.377. The van der Waals surface area contributed by atoms with E-state index in [9.17, 15) is 28.1 Å². The van der Waals surface area contributed by atoms with Crippen LogP contribution in [0, 0.1) is 17.0 Å². The molecular weight excluding hydrogens is 493 g/mol. The summed E-state index contributed by atoms with van der Waals surface area (Å²) in [5, 5.41) is 14.3. The van der Waals surface area contributed by atoms with Gasteiger partial charge in [-0.1, -0.05) is 47.7 Å². The lowest BCUT2D eigenvalue weighted by Crippen LogP contribution is -2.14. The normalized spacial score (nSPS) is 11.3. The topological polar surface area (TPSA) is 90.1 Å². The molecule has 1 aromatic heterocycles. The quantitative estimate of drug-likeness (QED) is 0.173. The standard InChI is InChI=1S/C25H19F3N4O3S/c1-16-8-10-19(11-9-16)30-23(33)15-36-24-29-14-22(17-4-2-7-21(12-17)32(34)35)31(24)20-6-3-5-18(13-20)25(26,27)28/h2-14H,15H2,1H3,(H,30,33). The van der Waals surface area contributed by atoms with Gasteiger partial charge in [0.05, 0.1) is 28.1 Å². The minimum atomic E-state index is -4.57. The van der Waals surface area contributed by atoms with Gasteiger partial charge in [-0.3, -0.25) is 19.5 Å². The molecule has 4 rings (SSSR count). The number of carbonyl (C=O) groups is 1. The minimum absolute atomic E-state index is 0.0573. The Morgan fingerprint density at radius 3 is 2.50 bits per heavy atom. The number of aromatic nitrogens is 2. The molecular formula is C25H19F3N4O3S. The number of hydrogen-bond acceptors (Lipinski definition) is 5. The van der Waals surface area contributed by atoms with Crippen LogP contribution in [0.3, 0.4) is 0 Å². The zero-order chi connectivity index (χ0) is 25.9. The first-order chi connectivity index (χ1) is 17.1. The Morgan fingerprint density at radius 2 is 1.81 bits per heavy atom. The number of hydrogen-bond donors (Lipinski definition) is 1. The lowest BCUT2D eigenvalue weighted by Gasteiger charge is -2.14. The second-order valence-electron chi connectivity index (χ2n) is 7.82. The number of carbonyl (C=O) groups excluding carboxylic acids is 1. The van der Waals surface area contributed by atoms with Crippen molar-refractivity contribution in [1.29, 1.82) is 0 Å². The largest absolute Gasteiger partial charge is 0.416 e. The Balaban J connectivity index is 1.69. The van der Waals surface area contributed by atoms with Gasteiger partial charge < -0.3 is 5.32 Å². The average molecular weight is 513 g/mol. The molecule has 1 heterocycles. The van der Waals surface area contributed by atoms with Crippen molar-refractivity contribution in [2.45, 2.75) is 18.3 Å². The fourth-order valence-electron chi connectivity index (χ4n) is 3.45. The molecule has 7 nitrogen and oxygen atoms in total. The smallest absolute Gasteiger partial charge is 0.325 e. The fourth-order valence-corrected chi connectivity index (χ4v) is 4.25. The Kier molecular flexibility index (Phi) is 7.11. The van der Waals surface area contributed by atoms with Crippen molar-refractivity contribution in [3.8, 4) is 16.9 Å². The molecule has 0 bridgehead atoms. The summed E-state index contributed by atoms with van der Waals surface area (Å²) in [5.41, 5.74) is 1.53. The first kappa shape index (κ1) is 25.0. The maximum Gasteiger partial charge on any atom is 0.416 e. The lowest BCUT2D eigenvalue weighted by atomic mass is 10.1. The molecule has 1 N–H and O–H groups in total. The molecule has 0 spiro atoms. The Bertz CT molecular complexity index is 1420. The third-order valence-electron chi connectivity index (χ3n) is 5.18. The van der Waals surface area contributed by atoms with Crippen molar-refractivity contribution in [1.82, 2.24) is 9.55 Å². The maximum absolute atomic E-state index is 13.4. The zero-order valence-corrected chi connectivity index (χ0v) is 19.6. The molecule has 0 saturated carbocycles. The number of nitrogens with zero attached hydrogens (tertiary/aromatic N) is 3. The first-order valence-electron chi connectivity index (χ1n) is 10.6. The number of benzene rings is 3. The van der Waals surface area contributed by atoms with E-state index in [2.05, 4.69) is 10.3 Å². The predicted molar refractivity (Wildman–Crippen MR) is 131 cm³/mol. The molecule has 0 radical (unpaired) electrons. The second kappa shape index (κ2) is 10.2. The summed E-state index contributed by atoms with van der Waals surface area (Å²) in [6.07, 6.45) is -3.15. The van der Waals surface area contributed by atoms with Gasteiger partial charge >= 0.3 is 6.18 Å². The van der Waals surface area contributed by atoms with Crippen molar-refractivity contribution in [3.63, 3.8) is 0 Å². The summed E-state index contributed by atoms with van der Waals surface area (Å²) >= 11 is 1.04. The molecule has 1 amide bonds. The number of nitrogens with one attached hydrogen (secondary N) is 1.